The second-order valence-electron chi connectivity index (χ2n) is 5.80. The van der Waals surface area contributed by atoms with E-state index in [0.717, 1.165) is 25.7 Å². The molecule has 0 amide bonds. The molecule has 0 radical (unpaired) electrons. The van der Waals surface area contributed by atoms with Gasteiger partial charge in [-0.25, -0.2) is 0 Å². The van der Waals surface area contributed by atoms with E-state index in [1.807, 2.05) is 0 Å². The summed E-state index contributed by atoms with van der Waals surface area (Å²) in [7, 11) is 0. The Hall–Kier alpha value is -0.900. The fraction of sp³-hybridized carbons (Fsp3) is 0.625. The van der Waals surface area contributed by atoms with Crippen LogP contribution in [0, 0.1) is 0 Å². The van der Waals surface area contributed by atoms with Crippen LogP contribution in [0.15, 0.2) is 30.3 Å². The maximum atomic E-state index is 3.45. The van der Waals surface area contributed by atoms with Gasteiger partial charge in [0.05, 0.1) is 0 Å². The Morgan fingerprint density at radius 3 is 2.63 bits per heavy atom. The molecule has 2 heterocycles. The molecule has 2 saturated heterocycles. The molecular formula is C16H25N3. The van der Waals surface area contributed by atoms with Gasteiger partial charge in [0, 0.05) is 45.3 Å². The molecule has 0 aliphatic carbocycles. The zero-order chi connectivity index (χ0) is 12.9. The van der Waals surface area contributed by atoms with Crippen LogP contribution in [-0.4, -0.2) is 55.1 Å². The van der Waals surface area contributed by atoms with E-state index in [1.54, 1.807) is 0 Å². The first kappa shape index (κ1) is 13.1. The largest absolute Gasteiger partial charge is 0.314 e. The SMILES string of the molecule is c1ccc(CN2CCC[C@@H](N3CCNCC3)C2)cc1. The lowest BCUT2D eigenvalue weighted by Gasteiger charge is -2.41. The highest BCUT2D eigenvalue weighted by Gasteiger charge is 2.25. The van der Waals surface area contributed by atoms with E-state index in [4.69, 9.17) is 0 Å². The third-order valence-corrected chi connectivity index (χ3v) is 4.40. The van der Waals surface area contributed by atoms with Gasteiger partial charge in [-0.2, -0.15) is 0 Å². The molecule has 1 aromatic carbocycles. The van der Waals surface area contributed by atoms with E-state index in [2.05, 4.69) is 45.4 Å². The fourth-order valence-electron chi connectivity index (χ4n) is 3.36. The lowest BCUT2D eigenvalue weighted by atomic mass is 10.0. The number of piperidine rings is 1. The van der Waals surface area contributed by atoms with Gasteiger partial charge in [0.15, 0.2) is 0 Å². The summed E-state index contributed by atoms with van der Waals surface area (Å²) in [6.45, 7) is 8.40. The number of rotatable bonds is 3. The van der Waals surface area contributed by atoms with Crippen LogP contribution in [0.4, 0.5) is 0 Å². The second-order valence-corrected chi connectivity index (χ2v) is 5.80. The number of nitrogens with one attached hydrogen (secondary N) is 1. The summed E-state index contributed by atoms with van der Waals surface area (Å²) >= 11 is 0. The lowest BCUT2D eigenvalue weighted by Crippen LogP contribution is -2.53. The first-order valence-electron chi connectivity index (χ1n) is 7.63. The van der Waals surface area contributed by atoms with Crippen molar-refractivity contribution in [3.8, 4) is 0 Å². The zero-order valence-corrected chi connectivity index (χ0v) is 11.7. The number of hydrogen-bond acceptors (Lipinski definition) is 3. The summed E-state index contributed by atoms with van der Waals surface area (Å²) < 4.78 is 0. The molecule has 0 spiro atoms. The quantitative estimate of drug-likeness (QED) is 0.888. The third-order valence-electron chi connectivity index (χ3n) is 4.40. The van der Waals surface area contributed by atoms with Crippen LogP contribution in [0.2, 0.25) is 0 Å². The van der Waals surface area contributed by atoms with E-state index in [9.17, 15) is 0 Å². The van der Waals surface area contributed by atoms with Crippen LogP contribution in [0.5, 0.6) is 0 Å². The Morgan fingerprint density at radius 1 is 1.05 bits per heavy atom. The molecule has 3 rings (SSSR count). The molecule has 19 heavy (non-hydrogen) atoms. The van der Waals surface area contributed by atoms with Gasteiger partial charge < -0.3 is 5.32 Å². The highest BCUT2D eigenvalue weighted by Crippen LogP contribution is 2.18. The van der Waals surface area contributed by atoms with Gasteiger partial charge in [-0.1, -0.05) is 30.3 Å². The van der Waals surface area contributed by atoms with E-state index < -0.39 is 0 Å². The monoisotopic (exact) mass is 259 g/mol. The van der Waals surface area contributed by atoms with Crippen molar-refractivity contribution in [3.63, 3.8) is 0 Å². The van der Waals surface area contributed by atoms with Crippen molar-refractivity contribution in [1.29, 1.82) is 0 Å². The van der Waals surface area contributed by atoms with Crippen molar-refractivity contribution >= 4 is 0 Å². The predicted octanol–water partition coefficient (Wildman–Crippen LogP) is 1.56. The van der Waals surface area contributed by atoms with Gasteiger partial charge in [-0.05, 0) is 24.9 Å². The molecule has 3 heteroatoms. The third kappa shape index (κ3) is 3.56. The van der Waals surface area contributed by atoms with Gasteiger partial charge >= 0.3 is 0 Å². The van der Waals surface area contributed by atoms with Crippen molar-refractivity contribution in [2.75, 3.05) is 39.3 Å². The molecule has 104 valence electrons. The first-order chi connectivity index (χ1) is 9.42. The van der Waals surface area contributed by atoms with Gasteiger partial charge in [0.2, 0.25) is 0 Å². The summed E-state index contributed by atoms with van der Waals surface area (Å²) in [6, 6.07) is 11.7. The first-order valence-corrected chi connectivity index (χ1v) is 7.63. The minimum Gasteiger partial charge on any atom is -0.314 e. The lowest BCUT2D eigenvalue weighted by molar-refractivity contribution is 0.0840. The molecule has 0 unspecified atom stereocenters. The minimum absolute atomic E-state index is 0.777. The van der Waals surface area contributed by atoms with Gasteiger partial charge in [0.1, 0.15) is 0 Å². The standard InChI is InChI=1S/C16H25N3/c1-2-5-15(6-3-1)13-18-10-4-7-16(14-18)19-11-8-17-9-12-19/h1-3,5-6,16-17H,4,7-14H2/t16-/m1/s1. The zero-order valence-electron chi connectivity index (χ0n) is 11.7. The van der Waals surface area contributed by atoms with Crippen LogP contribution in [0.1, 0.15) is 18.4 Å². The Kier molecular flexibility index (Phi) is 4.49. The molecule has 1 aromatic rings. The fourth-order valence-corrected chi connectivity index (χ4v) is 3.36. The van der Waals surface area contributed by atoms with Gasteiger partial charge in [-0.3, -0.25) is 9.80 Å². The maximum absolute atomic E-state index is 3.45. The van der Waals surface area contributed by atoms with Crippen LogP contribution < -0.4 is 5.32 Å². The molecule has 2 fully saturated rings. The van der Waals surface area contributed by atoms with E-state index >= 15 is 0 Å². The molecule has 2 aliphatic rings. The van der Waals surface area contributed by atoms with Crippen molar-refractivity contribution < 1.29 is 0 Å². The van der Waals surface area contributed by atoms with E-state index in [0.29, 0.717) is 0 Å². The molecule has 0 aromatic heterocycles. The Morgan fingerprint density at radius 2 is 1.84 bits per heavy atom. The number of nitrogens with zero attached hydrogens (tertiary/aromatic N) is 2. The molecule has 2 aliphatic heterocycles. The molecule has 3 nitrogen and oxygen atoms in total. The Labute approximate surface area is 116 Å². The molecule has 1 atom stereocenters. The second kappa shape index (κ2) is 6.51. The molecular weight excluding hydrogens is 234 g/mol. The molecule has 0 bridgehead atoms. The average Bonchev–Trinajstić information content (AvgIpc) is 2.49. The van der Waals surface area contributed by atoms with Crippen LogP contribution in [0.3, 0.4) is 0 Å². The smallest absolute Gasteiger partial charge is 0.0234 e. The highest BCUT2D eigenvalue weighted by atomic mass is 15.3. The van der Waals surface area contributed by atoms with Crippen LogP contribution in [-0.2, 0) is 6.54 Å². The predicted molar refractivity (Wildman–Crippen MR) is 79.2 cm³/mol. The summed E-state index contributed by atoms with van der Waals surface area (Å²) in [6.07, 6.45) is 2.73. The minimum atomic E-state index is 0.777. The van der Waals surface area contributed by atoms with Crippen molar-refractivity contribution in [1.82, 2.24) is 15.1 Å². The highest BCUT2D eigenvalue weighted by molar-refractivity contribution is 5.14. The molecule has 0 saturated carbocycles. The average molecular weight is 259 g/mol. The molecule has 1 N–H and O–H groups in total. The Bertz CT molecular complexity index is 373. The van der Waals surface area contributed by atoms with Crippen LogP contribution in [0.25, 0.3) is 0 Å². The van der Waals surface area contributed by atoms with Crippen molar-refractivity contribution in [2.24, 2.45) is 0 Å². The van der Waals surface area contributed by atoms with Crippen molar-refractivity contribution in [3.05, 3.63) is 35.9 Å². The summed E-state index contributed by atoms with van der Waals surface area (Å²) in [5.41, 5.74) is 1.45. The van der Waals surface area contributed by atoms with Crippen molar-refractivity contribution in [2.45, 2.75) is 25.4 Å². The normalized spacial score (nSPS) is 26.4. The number of piperazine rings is 1. The summed E-state index contributed by atoms with van der Waals surface area (Å²) in [5, 5.41) is 3.45. The number of likely N-dealkylation sites (tertiary alicyclic amines) is 1. The van der Waals surface area contributed by atoms with E-state index in [-0.39, 0.29) is 0 Å². The number of hydrogen-bond donors (Lipinski definition) is 1. The van der Waals surface area contributed by atoms with Crippen LogP contribution >= 0.6 is 0 Å². The summed E-state index contributed by atoms with van der Waals surface area (Å²) in [4.78, 5) is 5.32. The number of benzene rings is 1. The summed E-state index contributed by atoms with van der Waals surface area (Å²) in [5.74, 6) is 0. The maximum Gasteiger partial charge on any atom is 0.0234 e. The van der Waals surface area contributed by atoms with Gasteiger partial charge in [-0.15, -0.1) is 0 Å². The Balaban J connectivity index is 1.55. The van der Waals surface area contributed by atoms with Gasteiger partial charge in [0.25, 0.3) is 0 Å². The topological polar surface area (TPSA) is 18.5 Å². The van der Waals surface area contributed by atoms with E-state index in [1.165, 1.54) is 44.6 Å².